The molecule has 1 aromatic heterocycles. The van der Waals surface area contributed by atoms with Gasteiger partial charge in [0.05, 0.1) is 5.92 Å². The van der Waals surface area contributed by atoms with Crippen molar-refractivity contribution in [3.63, 3.8) is 0 Å². The molecule has 0 atom stereocenters. The van der Waals surface area contributed by atoms with Gasteiger partial charge in [0.1, 0.15) is 0 Å². The van der Waals surface area contributed by atoms with Crippen LogP contribution in [0.3, 0.4) is 0 Å². The third kappa shape index (κ3) is 4.00. The molecule has 148 valence electrons. The molecule has 4 rings (SSSR count). The summed E-state index contributed by atoms with van der Waals surface area (Å²) in [5.41, 5.74) is 0. The first kappa shape index (κ1) is 18.4. The van der Waals surface area contributed by atoms with Gasteiger partial charge in [-0.2, -0.15) is 4.98 Å². The molecule has 8 nitrogen and oxygen atoms in total. The van der Waals surface area contributed by atoms with E-state index in [1.54, 1.807) is 4.90 Å². The third-order valence-corrected chi connectivity index (χ3v) is 6.10. The van der Waals surface area contributed by atoms with Crippen molar-refractivity contribution in [1.29, 1.82) is 0 Å². The summed E-state index contributed by atoms with van der Waals surface area (Å²) >= 11 is 0. The minimum atomic E-state index is 0.0683. The molecule has 2 aliphatic heterocycles. The van der Waals surface area contributed by atoms with Gasteiger partial charge in [-0.15, -0.1) is 0 Å². The molecule has 2 amide bonds. The predicted octanol–water partition coefficient (Wildman–Crippen LogP) is 1.22. The molecule has 1 saturated carbocycles. The molecular formula is C19H28N4O4. The fourth-order valence-electron chi connectivity index (χ4n) is 3.90. The van der Waals surface area contributed by atoms with Crippen LogP contribution < -0.4 is 0 Å². The molecule has 1 aliphatic carbocycles. The number of ether oxygens (including phenoxy) is 1. The van der Waals surface area contributed by atoms with Crippen molar-refractivity contribution < 1.29 is 18.8 Å². The molecule has 0 spiro atoms. The maximum atomic E-state index is 12.4. The maximum absolute atomic E-state index is 12.4. The van der Waals surface area contributed by atoms with E-state index >= 15 is 0 Å². The first-order chi connectivity index (χ1) is 13.1. The molecule has 2 saturated heterocycles. The number of hydrogen-bond donors (Lipinski definition) is 0. The lowest BCUT2D eigenvalue weighted by atomic mass is 9.83. The van der Waals surface area contributed by atoms with Gasteiger partial charge in [-0.05, 0) is 25.7 Å². The summed E-state index contributed by atoms with van der Waals surface area (Å²) in [7, 11) is 1.83. The summed E-state index contributed by atoms with van der Waals surface area (Å²) in [5, 5.41) is 4.05. The number of hydrogen-bond acceptors (Lipinski definition) is 6. The van der Waals surface area contributed by atoms with Gasteiger partial charge >= 0.3 is 0 Å². The van der Waals surface area contributed by atoms with Gasteiger partial charge in [0.25, 0.3) is 0 Å². The molecule has 3 aliphatic rings. The van der Waals surface area contributed by atoms with E-state index in [1.807, 2.05) is 11.9 Å². The number of carbonyl (C=O) groups is 2. The Balaban J connectivity index is 1.21. The van der Waals surface area contributed by atoms with Crippen LogP contribution in [0.1, 0.15) is 49.7 Å². The monoisotopic (exact) mass is 376 g/mol. The van der Waals surface area contributed by atoms with Crippen molar-refractivity contribution in [3.05, 3.63) is 11.7 Å². The summed E-state index contributed by atoms with van der Waals surface area (Å²) in [6.07, 6.45) is 5.41. The van der Waals surface area contributed by atoms with Crippen LogP contribution in [0.25, 0.3) is 0 Å². The van der Waals surface area contributed by atoms with Gasteiger partial charge in [-0.25, -0.2) is 0 Å². The Kier molecular flexibility index (Phi) is 5.43. The van der Waals surface area contributed by atoms with Gasteiger partial charge in [0, 0.05) is 58.2 Å². The second-order valence-corrected chi connectivity index (χ2v) is 8.01. The summed E-state index contributed by atoms with van der Waals surface area (Å²) in [6.45, 7) is 3.27. The molecule has 27 heavy (non-hydrogen) atoms. The van der Waals surface area contributed by atoms with Crippen LogP contribution in [0, 0.1) is 11.8 Å². The highest BCUT2D eigenvalue weighted by Crippen LogP contribution is 2.33. The van der Waals surface area contributed by atoms with Crippen molar-refractivity contribution in [3.8, 4) is 0 Å². The van der Waals surface area contributed by atoms with Crippen molar-refractivity contribution in [2.24, 2.45) is 11.8 Å². The zero-order valence-corrected chi connectivity index (χ0v) is 15.9. The van der Waals surface area contributed by atoms with E-state index in [0.29, 0.717) is 51.0 Å². The van der Waals surface area contributed by atoms with Crippen LogP contribution >= 0.6 is 0 Å². The van der Waals surface area contributed by atoms with Crippen molar-refractivity contribution in [2.45, 2.75) is 44.4 Å². The Hall–Kier alpha value is -1.96. The average molecular weight is 376 g/mol. The van der Waals surface area contributed by atoms with Crippen LogP contribution in [0.15, 0.2) is 4.52 Å². The van der Waals surface area contributed by atoms with Gasteiger partial charge in [0.2, 0.25) is 17.7 Å². The van der Waals surface area contributed by atoms with E-state index in [2.05, 4.69) is 10.1 Å². The first-order valence-electron chi connectivity index (χ1n) is 10.1. The van der Waals surface area contributed by atoms with Gasteiger partial charge in [-0.1, -0.05) is 11.6 Å². The molecular weight excluding hydrogens is 348 g/mol. The Morgan fingerprint density at radius 3 is 2.56 bits per heavy atom. The number of carbonyl (C=O) groups excluding carboxylic acids is 2. The highest BCUT2D eigenvalue weighted by atomic mass is 16.5. The average Bonchev–Trinajstić information content (AvgIpc) is 3.05. The van der Waals surface area contributed by atoms with E-state index in [1.165, 1.54) is 6.42 Å². The Morgan fingerprint density at radius 2 is 1.89 bits per heavy atom. The summed E-state index contributed by atoms with van der Waals surface area (Å²) in [6, 6.07) is 0. The summed E-state index contributed by atoms with van der Waals surface area (Å²) < 4.78 is 10.7. The SMILES string of the molecule is CN(CCc1noc(C2CN(C(=O)C3CCC3)C2)n1)C(=O)C1CCOCC1. The normalized spacial score (nSPS) is 21.6. The zero-order chi connectivity index (χ0) is 18.8. The van der Waals surface area contributed by atoms with Crippen molar-refractivity contribution in [1.82, 2.24) is 19.9 Å². The summed E-state index contributed by atoms with van der Waals surface area (Å²) in [4.78, 5) is 32.8. The number of rotatable bonds is 6. The number of likely N-dealkylation sites (tertiary alicyclic amines) is 1. The quantitative estimate of drug-likeness (QED) is 0.742. The number of nitrogens with zero attached hydrogens (tertiary/aromatic N) is 4. The van der Waals surface area contributed by atoms with E-state index in [-0.39, 0.29) is 29.6 Å². The molecule has 3 fully saturated rings. The smallest absolute Gasteiger partial charge is 0.233 e. The Bertz CT molecular complexity index is 675. The lowest BCUT2D eigenvalue weighted by Crippen LogP contribution is -2.51. The van der Waals surface area contributed by atoms with Crippen LogP contribution in [-0.4, -0.2) is 71.7 Å². The van der Waals surface area contributed by atoms with E-state index in [9.17, 15) is 9.59 Å². The number of amides is 2. The van der Waals surface area contributed by atoms with Crippen LogP contribution in [0.5, 0.6) is 0 Å². The van der Waals surface area contributed by atoms with Crippen molar-refractivity contribution >= 4 is 11.8 Å². The minimum Gasteiger partial charge on any atom is -0.381 e. The summed E-state index contributed by atoms with van der Waals surface area (Å²) in [5.74, 6) is 2.15. The maximum Gasteiger partial charge on any atom is 0.233 e. The lowest BCUT2D eigenvalue weighted by molar-refractivity contribution is -0.143. The highest BCUT2D eigenvalue weighted by molar-refractivity contribution is 5.80. The second-order valence-electron chi connectivity index (χ2n) is 8.01. The topological polar surface area (TPSA) is 88.8 Å². The van der Waals surface area contributed by atoms with Gasteiger partial charge < -0.3 is 19.1 Å². The molecule has 1 aromatic rings. The standard InChI is InChI=1S/C19H28N4O4/c1-22(18(24)14-6-9-26-10-7-14)8-5-16-20-17(27-21-16)15-11-23(12-15)19(25)13-3-2-4-13/h13-15H,2-12H2,1H3. The molecule has 0 radical (unpaired) electrons. The lowest BCUT2D eigenvalue weighted by Gasteiger charge is -2.41. The second kappa shape index (κ2) is 7.96. The predicted molar refractivity (Wildman–Crippen MR) is 95.8 cm³/mol. The molecule has 0 bridgehead atoms. The minimum absolute atomic E-state index is 0.0683. The number of likely N-dealkylation sites (N-methyl/N-ethyl adjacent to an activating group) is 1. The molecule has 8 heteroatoms. The van der Waals surface area contributed by atoms with E-state index in [4.69, 9.17) is 9.26 Å². The van der Waals surface area contributed by atoms with Gasteiger partial charge in [0.15, 0.2) is 5.82 Å². The van der Waals surface area contributed by atoms with Crippen molar-refractivity contribution in [2.75, 3.05) is 39.9 Å². The zero-order valence-electron chi connectivity index (χ0n) is 15.9. The molecule has 0 N–H and O–H groups in total. The highest BCUT2D eigenvalue weighted by Gasteiger charge is 2.39. The fourth-order valence-corrected chi connectivity index (χ4v) is 3.90. The fraction of sp³-hybridized carbons (Fsp3) is 0.789. The molecule has 3 heterocycles. The molecule has 0 aromatic carbocycles. The third-order valence-electron chi connectivity index (χ3n) is 6.10. The van der Waals surface area contributed by atoms with E-state index < -0.39 is 0 Å². The molecule has 0 unspecified atom stereocenters. The largest absolute Gasteiger partial charge is 0.381 e. The number of aromatic nitrogens is 2. The van der Waals surface area contributed by atoms with Crippen LogP contribution in [0.2, 0.25) is 0 Å². The van der Waals surface area contributed by atoms with Crippen LogP contribution in [-0.2, 0) is 20.7 Å². The van der Waals surface area contributed by atoms with E-state index in [0.717, 1.165) is 25.7 Å². The van der Waals surface area contributed by atoms with Gasteiger partial charge in [-0.3, -0.25) is 9.59 Å². The van der Waals surface area contributed by atoms with Crippen LogP contribution in [0.4, 0.5) is 0 Å². The Morgan fingerprint density at radius 1 is 1.15 bits per heavy atom. The first-order valence-corrected chi connectivity index (χ1v) is 10.1. The Labute approximate surface area is 159 Å².